The molecule has 88 valence electrons. The van der Waals surface area contributed by atoms with Gasteiger partial charge in [-0.15, -0.1) is 0 Å². The number of aliphatic hydroxyl groups is 1. The van der Waals surface area contributed by atoms with E-state index in [0.717, 1.165) is 12.8 Å². The lowest BCUT2D eigenvalue weighted by Gasteiger charge is -2.30. The molecule has 0 heterocycles. The molecule has 0 amide bonds. The number of aryl methyl sites for hydroxylation is 1. The molecular formula is C14H19FO. The van der Waals surface area contributed by atoms with Gasteiger partial charge in [-0.3, -0.25) is 0 Å². The van der Waals surface area contributed by atoms with Crippen molar-refractivity contribution >= 4 is 0 Å². The molecule has 1 aromatic carbocycles. The zero-order chi connectivity index (χ0) is 11.8. The van der Waals surface area contributed by atoms with Crippen molar-refractivity contribution in [3.63, 3.8) is 0 Å². The van der Waals surface area contributed by atoms with Gasteiger partial charge in [0.25, 0.3) is 0 Å². The Morgan fingerprint density at radius 3 is 2.50 bits per heavy atom. The average Bonchev–Trinajstić information content (AvgIpc) is 2.70. The van der Waals surface area contributed by atoms with Crippen LogP contribution in [0.25, 0.3) is 0 Å². The maximum absolute atomic E-state index is 13.4. The van der Waals surface area contributed by atoms with Crippen molar-refractivity contribution < 1.29 is 9.50 Å². The van der Waals surface area contributed by atoms with E-state index in [4.69, 9.17) is 0 Å². The quantitative estimate of drug-likeness (QED) is 0.808. The van der Waals surface area contributed by atoms with Crippen LogP contribution >= 0.6 is 0 Å². The largest absolute Gasteiger partial charge is 0.388 e. The van der Waals surface area contributed by atoms with E-state index >= 15 is 0 Å². The molecule has 1 aliphatic carbocycles. The molecule has 0 radical (unpaired) electrons. The molecule has 2 heteroatoms. The summed E-state index contributed by atoms with van der Waals surface area (Å²) in [7, 11) is 0. The van der Waals surface area contributed by atoms with Crippen LogP contribution in [0.1, 0.15) is 49.8 Å². The van der Waals surface area contributed by atoms with Gasteiger partial charge in [0.05, 0.1) is 6.10 Å². The highest BCUT2D eigenvalue weighted by Gasteiger charge is 2.36. The number of halogens is 1. The van der Waals surface area contributed by atoms with Crippen LogP contribution in [0.2, 0.25) is 0 Å². The van der Waals surface area contributed by atoms with Gasteiger partial charge in [-0.05, 0) is 42.4 Å². The number of hydrogen-bond acceptors (Lipinski definition) is 1. The highest BCUT2D eigenvalue weighted by atomic mass is 19.1. The van der Waals surface area contributed by atoms with Gasteiger partial charge in [0.2, 0.25) is 0 Å². The van der Waals surface area contributed by atoms with Gasteiger partial charge in [-0.1, -0.05) is 31.9 Å². The summed E-state index contributed by atoms with van der Waals surface area (Å²) in [5, 5.41) is 10.3. The molecule has 0 saturated heterocycles. The first-order valence-corrected chi connectivity index (χ1v) is 5.97. The van der Waals surface area contributed by atoms with Crippen LogP contribution in [-0.2, 0) is 0 Å². The van der Waals surface area contributed by atoms with E-state index in [9.17, 15) is 9.50 Å². The lowest BCUT2D eigenvalue weighted by molar-refractivity contribution is 0.0406. The van der Waals surface area contributed by atoms with Crippen molar-refractivity contribution in [2.24, 2.45) is 5.41 Å². The van der Waals surface area contributed by atoms with Crippen LogP contribution in [0.3, 0.4) is 0 Å². The maximum Gasteiger partial charge on any atom is 0.126 e. The van der Waals surface area contributed by atoms with Crippen molar-refractivity contribution in [1.29, 1.82) is 0 Å². The summed E-state index contributed by atoms with van der Waals surface area (Å²) < 4.78 is 13.4. The van der Waals surface area contributed by atoms with E-state index in [1.54, 1.807) is 13.0 Å². The fourth-order valence-electron chi connectivity index (χ4n) is 2.64. The Labute approximate surface area is 96.3 Å². The predicted molar refractivity (Wildman–Crippen MR) is 62.7 cm³/mol. The van der Waals surface area contributed by atoms with Gasteiger partial charge in [-0.25, -0.2) is 4.39 Å². The minimum atomic E-state index is -0.537. The third-order valence-corrected chi connectivity index (χ3v) is 3.92. The first-order valence-electron chi connectivity index (χ1n) is 5.97. The van der Waals surface area contributed by atoms with Crippen LogP contribution in [-0.4, -0.2) is 5.11 Å². The Morgan fingerprint density at radius 2 is 1.94 bits per heavy atom. The molecule has 1 saturated carbocycles. The van der Waals surface area contributed by atoms with Crippen LogP contribution in [0.15, 0.2) is 18.2 Å². The lowest BCUT2D eigenvalue weighted by Crippen LogP contribution is -2.22. The molecule has 1 aliphatic rings. The van der Waals surface area contributed by atoms with Gasteiger partial charge in [0, 0.05) is 0 Å². The van der Waals surface area contributed by atoms with Crippen LogP contribution in [0, 0.1) is 18.2 Å². The Bertz CT molecular complexity index is 380. The highest BCUT2D eigenvalue weighted by molar-refractivity contribution is 5.26. The van der Waals surface area contributed by atoms with E-state index in [-0.39, 0.29) is 11.2 Å². The maximum atomic E-state index is 13.4. The zero-order valence-electron chi connectivity index (χ0n) is 9.96. The molecule has 1 N–H and O–H groups in total. The summed E-state index contributed by atoms with van der Waals surface area (Å²) in [6.45, 7) is 3.84. The smallest absolute Gasteiger partial charge is 0.126 e. The summed E-state index contributed by atoms with van der Waals surface area (Å²) >= 11 is 0. The summed E-state index contributed by atoms with van der Waals surface area (Å²) in [6, 6.07) is 5.06. The lowest BCUT2D eigenvalue weighted by atomic mass is 9.79. The molecule has 2 rings (SSSR count). The summed E-state index contributed by atoms with van der Waals surface area (Å²) in [6.07, 6.45) is 3.86. The molecule has 1 fully saturated rings. The minimum absolute atomic E-state index is 0.0678. The average molecular weight is 222 g/mol. The van der Waals surface area contributed by atoms with Crippen molar-refractivity contribution in [2.45, 2.75) is 45.6 Å². The van der Waals surface area contributed by atoms with Gasteiger partial charge < -0.3 is 5.11 Å². The van der Waals surface area contributed by atoms with Gasteiger partial charge in [0.15, 0.2) is 0 Å². The van der Waals surface area contributed by atoms with Crippen molar-refractivity contribution in [3.05, 3.63) is 35.1 Å². The molecule has 1 atom stereocenters. The predicted octanol–water partition coefficient (Wildman–Crippen LogP) is 3.75. The number of benzene rings is 1. The summed E-state index contributed by atoms with van der Waals surface area (Å²) in [5.74, 6) is -0.224. The monoisotopic (exact) mass is 222 g/mol. The van der Waals surface area contributed by atoms with E-state index in [1.807, 2.05) is 6.07 Å². The Hall–Kier alpha value is -0.890. The summed E-state index contributed by atoms with van der Waals surface area (Å²) in [5.41, 5.74) is 1.28. The molecule has 0 aromatic heterocycles. The third kappa shape index (κ3) is 1.99. The van der Waals surface area contributed by atoms with E-state index in [0.29, 0.717) is 11.1 Å². The second-order valence-corrected chi connectivity index (χ2v) is 5.27. The fraction of sp³-hybridized carbons (Fsp3) is 0.571. The molecule has 0 bridgehead atoms. The van der Waals surface area contributed by atoms with E-state index in [2.05, 4.69) is 6.92 Å². The molecule has 1 aromatic rings. The zero-order valence-corrected chi connectivity index (χ0v) is 9.96. The summed E-state index contributed by atoms with van der Waals surface area (Å²) in [4.78, 5) is 0. The Morgan fingerprint density at radius 1 is 1.31 bits per heavy atom. The molecule has 1 nitrogen and oxygen atoms in total. The number of hydrogen-bond donors (Lipinski definition) is 1. The topological polar surface area (TPSA) is 20.2 Å². The molecule has 16 heavy (non-hydrogen) atoms. The molecule has 1 unspecified atom stereocenters. The first kappa shape index (κ1) is 11.6. The van der Waals surface area contributed by atoms with Crippen molar-refractivity contribution in [3.8, 4) is 0 Å². The second kappa shape index (κ2) is 4.17. The van der Waals surface area contributed by atoms with Gasteiger partial charge >= 0.3 is 0 Å². The van der Waals surface area contributed by atoms with E-state index < -0.39 is 6.10 Å². The highest BCUT2D eigenvalue weighted by Crippen LogP contribution is 2.47. The number of aliphatic hydroxyl groups excluding tert-OH is 1. The van der Waals surface area contributed by atoms with Crippen LogP contribution in [0.4, 0.5) is 4.39 Å². The van der Waals surface area contributed by atoms with Crippen molar-refractivity contribution in [1.82, 2.24) is 0 Å². The Kier molecular flexibility index (Phi) is 3.02. The minimum Gasteiger partial charge on any atom is -0.388 e. The van der Waals surface area contributed by atoms with Crippen LogP contribution < -0.4 is 0 Å². The molecule has 0 spiro atoms. The fourth-order valence-corrected chi connectivity index (χ4v) is 2.64. The first-order chi connectivity index (χ1) is 7.53. The standard InChI is InChI=1S/C14H19FO/c1-10-5-6-11(9-12(10)15)13(16)14(2)7-3-4-8-14/h5-6,9,13,16H,3-4,7-8H2,1-2H3. The van der Waals surface area contributed by atoms with Gasteiger partial charge in [0.1, 0.15) is 5.82 Å². The van der Waals surface area contributed by atoms with Gasteiger partial charge in [-0.2, -0.15) is 0 Å². The van der Waals surface area contributed by atoms with Crippen molar-refractivity contribution in [2.75, 3.05) is 0 Å². The second-order valence-electron chi connectivity index (χ2n) is 5.27. The Balaban J connectivity index is 2.26. The molecule has 0 aliphatic heterocycles. The van der Waals surface area contributed by atoms with E-state index in [1.165, 1.54) is 18.9 Å². The normalized spacial score (nSPS) is 21.0. The number of rotatable bonds is 2. The molecular weight excluding hydrogens is 203 g/mol. The SMILES string of the molecule is Cc1ccc(C(O)C2(C)CCCC2)cc1F. The third-order valence-electron chi connectivity index (χ3n) is 3.92. The van der Waals surface area contributed by atoms with Crippen LogP contribution in [0.5, 0.6) is 0 Å².